The number of amides is 2. The minimum Gasteiger partial charge on any atom is -0.477 e. The SMILES string of the molecule is C=CCOC(=O)N1C[C@@H](SC2=C(C(=O)O)N3C(=O)[C@H]([C@@H](C)O)[C@H]3[C@H]2C)C[C@H]1CCn1cncc1CO. The molecule has 6 atom stereocenters. The van der Waals surface area contributed by atoms with Gasteiger partial charge < -0.3 is 34.4 Å². The molecule has 0 unspecified atom stereocenters. The van der Waals surface area contributed by atoms with Crippen LogP contribution in [0, 0.1) is 11.8 Å². The highest BCUT2D eigenvalue weighted by molar-refractivity contribution is 8.03. The van der Waals surface area contributed by atoms with Gasteiger partial charge in [0.25, 0.3) is 0 Å². The van der Waals surface area contributed by atoms with E-state index in [4.69, 9.17) is 4.74 Å². The van der Waals surface area contributed by atoms with Crippen molar-refractivity contribution in [3.63, 3.8) is 0 Å². The average molecular weight is 521 g/mol. The molecule has 2 saturated heterocycles. The van der Waals surface area contributed by atoms with Crippen molar-refractivity contribution in [2.75, 3.05) is 13.2 Å². The number of thioether (sulfide) groups is 1. The molecule has 3 aliphatic rings. The van der Waals surface area contributed by atoms with Gasteiger partial charge in [0.15, 0.2) is 0 Å². The lowest BCUT2D eigenvalue weighted by Crippen LogP contribution is -2.63. The Morgan fingerprint density at radius 3 is 2.81 bits per heavy atom. The molecular weight excluding hydrogens is 488 g/mol. The average Bonchev–Trinajstić information content (AvgIpc) is 3.51. The van der Waals surface area contributed by atoms with Gasteiger partial charge in [-0.3, -0.25) is 4.79 Å². The summed E-state index contributed by atoms with van der Waals surface area (Å²) in [7, 11) is 0. The fourth-order valence-corrected chi connectivity index (χ4v) is 7.06. The van der Waals surface area contributed by atoms with Crippen molar-refractivity contribution in [2.45, 2.75) is 63.3 Å². The van der Waals surface area contributed by atoms with Gasteiger partial charge in [0.2, 0.25) is 5.91 Å². The summed E-state index contributed by atoms with van der Waals surface area (Å²) in [4.78, 5) is 45.2. The molecule has 3 N–H and O–H groups in total. The Balaban J connectivity index is 1.52. The first-order valence-corrected chi connectivity index (χ1v) is 12.9. The zero-order valence-electron chi connectivity index (χ0n) is 20.3. The van der Waals surface area contributed by atoms with Crippen molar-refractivity contribution in [3.8, 4) is 0 Å². The molecule has 36 heavy (non-hydrogen) atoms. The highest BCUT2D eigenvalue weighted by Gasteiger charge is 2.60. The number of ether oxygens (including phenoxy) is 1. The third kappa shape index (κ3) is 4.64. The van der Waals surface area contributed by atoms with Crippen molar-refractivity contribution in [1.29, 1.82) is 0 Å². The van der Waals surface area contributed by atoms with Crippen LogP contribution in [-0.4, -0.2) is 89.2 Å². The van der Waals surface area contributed by atoms with Crippen LogP contribution >= 0.6 is 11.8 Å². The number of β-lactam (4-membered cyclic amide) rings is 1. The molecule has 0 aromatic carbocycles. The quantitative estimate of drug-likeness (QED) is 0.308. The molecule has 0 aliphatic carbocycles. The van der Waals surface area contributed by atoms with Crippen LogP contribution in [0.15, 0.2) is 35.8 Å². The van der Waals surface area contributed by atoms with Gasteiger partial charge in [-0.15, -0.1) is 11.8 Å². The third-order valence-corrected chi connectivity index (χ3v) is 8.70. The lowest BCUT2D eigenvalue weighted by atomic mass is 9.79. The Morgan fingerprint density at radius 2 is 2.17 bits per heavy atom. The summed E-state index contributed by atoms with van der Waals surface area (Å²) in [6.07, 6.45) is 4.61. The van der Waals surface area contributed by atoms with Crippen molar-refractivity contribution in [2.24, 2.45) is 11.8 Å². The van der Waals surface area contributed by atoms with E-state index >= 15 is 0 Å². The van der Waals surface area contributed by atoms with Crippen molar-refractivity contribution in [3.05, 3.63) is 41.5 Å². The molecule has 196 valence electrons. The Kier molecular flexibility index (Phi) is 7.76. The molecule has 1 aromatic rings. The molecule has 4 heterocycles. The number of likely N-dealkylation sites (tertiary alicyclic amines) is 1. The number of carbonyl (C=O) groups excluding carboxylic acids is 2. The Labute approximate surface area is 213 Å². The van der Waals surface area contributed by atoms with Gasteiger partial charge in [-0.05, 0) is 19.8 Å². The number of aliphatic hydroxyl groups excluding tert-OH is 2. The van der Waals surface area contributed by atoms with Crippen LogP contribution in [0.25, 0.3) is 0 Å². The normalized spacial score (nSPS) is 28.2. The maximum Gasteiger partial charge on any atom is 0.410 e. The zero-order chi connectivity index (χ0) is 26.1. The summed E-state index contributed by atoms with van der Waals surface area (Å²) >= 11 is 1.40. The first-order valence-electron chi connectivity index (χ1n) is 12.0. The number of aromatic nitrogens is 2. The lowest BCUT2D eigenvalue weighted by Gasteiger charge is -2.46. The topological polar surface area (TPSA) is 145 Å². The van der Waals surface area contributed by atoms with Crippen molar-refractivity contribution >= 4 is 29.7 Å². The number of aliphatic carboxylic acids is 1. The number of hydrogen-bond donors (Lipinski definition) is 3. The molecule has 4 rings (SSSR count). The first kappa shape index (κ1) is 26.2. The van der Waals surface area contributed by atoms with Gasteiger partial charge >= 0.3 is 12.1 Å². The summed E-state index contributed by atoms with van der Waals surface area (Å²) in [5.41, 5.74) is 0.659. The highest BCUT2D eigenvalue weighted by atomic mass is 32.2. The van der Waals surface area contributed by atoms with Gasteiger partial charge in [0, 0.05) is 35.2 Å². The number of nitrogens with zero attached hydrogens (tertiary/aromatic N) is 4. The summed E-state index contributed by atoms with van der Waals surface area (Å²) in [6.45, 7) is 7.88. The molecular formula is C24H32N4O7S. The van der Waals surface area contributed by atoms with Crippen LogP contribution in [-0.2, 0) is 27.5 Å². The van der Waals surface area contributed by atoms with Crippen molar-refractivity contribution in [1.82, 2.24) is 19.4 Å². The van der Waals surface area contributed by atoms with Gasteiger partial charge in [-0.1, -0.05) is 19.6 Å². The monoisotopic (exact) mass is 520 g/mol. The maximum atomic E-state index is 12.8. The molecule has 11 nitrogen and oxygen atoms in total. The molecule has 0 spiro atoms. The second kappa shape index (κ2) is 10.7. The van der Waals surface area contributed by atoms with Crippen molar-refractivity contribution < 1.29 is 34.4 Å². The zero-order valence-corrected chi connectivity index (χ0v) is 21.1. The van der Waals surface area contributed by atoms with E-state index in [1.54, 1.807) is 24.3 Å². The predicted molar refractivity (Wildman–Crippen MR) is 130 cm³/mol. The summed E-state index contributed by atoms with van der Waals surface area (Å²) < 4.78 is 7.14. The number of imidazole rings is 1. The van der Waals surface area contributed by atoms with E-state index in [9.17, 15) is 29.7 Å². The molecule has 0 bridgehead atoms. The Hall–Kier alpha value is -2.83. The van der Waals surface area contributed by atoms with E-state index in [0.717, 1.165) is 0 Å². The second-order valence-corrected chi connectivity index (χ2v) is 10.8. The van der Waals surface area contributed by atoms with Gasteiger partial charge in [0.1, 0.15) is 12.3 Å². The minimum absolute atomic E-state index is 0.0189. The van der Waals surface area contributed by atoms with Crippen LogP contribution in [0.2, 0.25) is 0 Å². The lowest BCUT2D eigenvalue weighted by molar-refractivity contribution is -0.163. The number of aryl methyl sites for hydroxylation is 1. The van der Waals surface area contributed by atoms with Crippen LogP contribution in [0.4, 0.5) is 4.79 Å². The standard InChI is InChI=1S/C24H32N4O7S/c1-4-7-35-24(34)27-10-17(8-15(27)5-6-26-12-25-9-16(26)11-29)36-21-13(2)19-18(14(3)30)22(31)28(19)20(21)23(32)33/h4,9,12-15,17-19,29-30H,1,5-8,10-11H2,2-3H3,(H,32,33)/t13-,14-,15-,17+,18-,19-/m1/s1. The smallest absolute Gasteiger partial charge is 0.410 e. The van der Waals surface area contributed by atoms with E-state index in [1.807, 2.05) is 11.5 Å². The second-order valence-electron chi connectivity index (χ2n) is 9.44. The number of rotatable bonds is 10. The number of aliphatic hydroxyl groups is 2. The summed E-state index contributed by atoms with van der Waals surface area (Å²) in [5, 5.41) is 29.4. The molecule has 3 aliphatic heterocycles. The van der Waals surface area contributed by atoms with Crippen LogP contribution in [0.5, 0.6) is 0 Å². The third-order valence-electron chi connectivity index (χ3n) is 7.20. The van der Waals surface area contributed by atoms with Gasteiger partial charge in [-0.25, -0.2) is 14.6 Å². The predicted octanol–water partition coefficient (Wildman–Crippen LogP) is 1.42. The van der Waals surface area contributed by atoms with E-state index in [-0.39, 0.29) is 48.1 Å². The molecule has 2 fully saturated rings. The van der Waals surface area contributed by atoms with Gasteiger partial charge in [-0.2, -0.15) is 0 Å². The fourth-order valence-electron chi connectivity index (χ4n) is 5.50. The van der Waals surface area contributed by atoms with E-state index in [0.29, 0.717) is 36.5 Å². The molecule has 0 radical (unpaired) electrons. The molecule has 0 saturated carbocycles. The highest BCUT2D eigenvalue weighted by Crippen LogP contribution is 2.52. The Bertz CT molecular complexity index is 1070. The first-order chi connectivity index (χ1) is 17.2. The summed E-state index contributed by atoms with van der Waals surface area (Å²) in [5.74, 6) is -2.40. The molecule has 2 amide bonds. The number of carboxylic acids is 1. The molecule has 1 aromatic heterocycles. The van der Waals surface area contributed by atoms with E-state index < -0.39 is 24.1 Å². The summed E-state index contributed by atoms with van der Waals surface area (Å²) in [6, 6.07) is -0.543. The van der Waals surface area contributed by atoms with Crippen LogP contribution in [0.1, 0.15) is 32.4 Å². The number of carboxylic acid groups (broad SMARTS) is 1. The minimum atomic E-state index is -1.17. The molecule has 12 heteroatoms. The number of fused-ring (bicyclic) bond motifs is 1. The van der Waals surface area contributed by atoms with Crippen LogP contribution in [0.3, 0.4) is 0 Å². The number of hydrogen-bond acceptors (Lipinski definition) is 8. The fraction of sp³-hybridized carbons (Fsp3) is 0.583. The van der Waals surface area contributed by atoms with Gasteiger partial charge in [0.05, 0.1) is 42.9 Å². The van der Waals surface area contributed by atoms with E-state index in [2.05, 4.69) is 11.6 Å². The largest absolute Gasteiger partial charge is 0.477 e. The van der Waals surface area contributed by atoms with E-state index in [1.165, 1.54) is 22.7 Å². The maximum absolute atomic E-state index is 12.8. The van der Waals surface area contributed by atoms with Crippen LogP contribution < -0.4 is 0 Å². The number of carbonyl (C=O) groups is 3. The Morgan fingerprint density at radius 1 is 1.42 bits per heavy atom.